The molecular weight excluding hydrogens is 259 g/mol. The maximum Gasteiger partial charge on any atom is 0.0883 e. The maximum atomic E-state index is 10.2. The molecule has 17 heavy (non-hydrogen) atoms. The Morgan fingerprint density at radius 3 is 2.59 bits per heavy atom. The molecule has 2 atom stereocenters. The largest absolute Gasteiger partial charge is 0.390 e. The normalized spacial score (nSPS) is 27.5. The molecule has 0 bridgehead atoms. The predicted octanol–water partition coefficient (Wildman–Crippen LogP) is 2.08. The smallest absolute Gasteiger partial charge is 0.0883 e. The zero-order valence-electron chi connectivity index (χ0n) is 10.4. The lowest BCUT2D eigenvalue weighted by Crippen LogP contribution is -2.56. The van der Waals surface area contributed by atoms with E-state index in [0.29, 0.717) is 23.0 Å². The van der Waals surface area contributed by atoms with Crippen LogP contribution in [0, 0.1) is 0 Å². The average Bonchev–Trinajstić information content (AvgIpc) is 2.10. The van der Waals surface area contributed by atoms with E-state index in [1.807, 2.05) is 20.8 Å². The lowest BCUT2D eigenvalue weighted by molar-refractivity contribution is 0.100. The van der Waals surface area contributed by atoms with Crippen LogP contribution >= 0.6 is 23.2 Å². The molecule has 0 saturated carbocycles. The fourth-order valence-corrected chi connectivity index (χ4v) is 2.39. The quantitative estimate of drug-likeness (QED) is 0.741. The number of rotatable bonds is 3. The van der Waals surface area contributed by atoms with E-state index in [9.17, 15) is 5.11 Å². The molecule has 1 aliphatic rings. The molecule has 0 aromatic rings. The number of β-amino-alcohol motifs (C(OH)–C–C–N with tert-alkyl or cyclic N) is 1. The van der Waals surface area contributed by atoms with Crippen LogP contribution in [-0.2, 0) is 0 Å². The molecule has 0 saturated heterocycles. The van der Waals surface area contributed by atoms with Gasteiger partial charge in [-0.15, -0.1) is 0 Å². The minimum atomic E-state index is -0.902. The van der Waals surface area contributed by atoms with Gasteiger partial charge in [0.2, 0.25) is 0 Å². The van der Waals surface area contributed by atoms with E-state index in [2.05, 4.69) is 5.32 Å². The van der Waals surface area contributed by atoms with E-state index in [0.717, 1.165) is 0 Å². The van der Waals surface area contributed by atoms with Crippen LogP contribution in [0.3, 0.4) is 0 Å². The first-order valence-electron chi connectivity index (χ1n) is 5.59. The summed E-state index contributed by atoms with van der Waals surface area (Å²) in [5.41, 5.74) is 5.16. The summed E-state index contributed by atoms with van der Waals surface area (Å²) in [7, 11) is 0. The van der Waals surface area contributed by atoms with Gasteiger partial charge in [-0.1, -0.05) is 23.2 Å². The number of aliphatic hydroxyl groups excluding tert-OH is 1. The number of nitrogens with two attached hydrogens (primary N) is 1. The summed E-state index contributed by atoms with van der Waals surface area (Å²) < 4.78 is 0. The van der Waals surface area contributed by atoms with Crippen molar-refractivity contribution in [2.45, 2.75) is 44.4 Å². The molecule has 3 nitrogen and oxygen atoms in total. The van der Waals surface area contributed by atoms with Gasteiger partial charge in [-0.05, 0) is 32.9 Å². The van der Waals surface area contributed by atoms with Gasteiger partial charge in [0.05, 0.1) is 11.6 Å². The second-order valence-corrected chi connectivity index (χ2v) is 6.48. The number of halogens is 2. The molecule has 0 aromatic carbocycles. The van der Waals surface area contributed by atoms with Crippen molar-refractivity contribution in [3.63, 3.8) is 0 Å². The van der Waals surface area contributed by atoms with Gasteiger partial charge in [-0.3, -0.25) is 0 Å². The highest BCUT2D eigenvalue weighted by Crippen LogP contribution is 2.31. The molecule has 1 rings (SSSR count). The van der Waals surface area contributed by atoms with Crippen molar-refractivity contribution in [1.82, 2.24) is 5.32 Å². The van der Waals surface area contributed by atoms with E-state index < -0.39 is 11.6 Å². The van der Waals surface area contributed by atoms with Crippen LogP contribution < -0.4 is 11.1 Å². The second kappa shape index (κ2) is 5.29. The number of aliphatic hydroxyl groups is 1. The highest BCUT2D eigenvalue weighted by atomic mass is 35.5. The first kappa shape index (κ1) is 15.0. The van der Waals surface area contributed by atoms with Crippen LogP contribution in [0.1, 0.15) is 27.2 Å². The molecule has 0 aliphatic heterocycles. The molecule has 5 heteroatoms. The second-order valence-electron chi connectivity index (χ2n) is 5.56. The molecule has 1 aliphatic carbocycles. The first-order chi connectivity index (χ1) is 7.62. The Balaban J connectivity index is 2.69. The Kier molecular flexibility index (Phi) is 4.67. The fraction of sp³-hybridized carbons (Fsp3) is 0.667. The van der Waals surface area contributed by atoms with Crippen LogP contribution in [0.25, 0.3) is 0 Å². The Bertz CT molecular complexity index is 347. The van der Waals surface area contributed by atoms with E-state index in [4.69, 9.17) is 28.9 Å². The summed E-state index contributed by atoms with van der Waals surface area (Å²) in [6.45, 7) is 6.48. The van der Waals surface area contributed by atoms with Gasteiger partial charge in [0, 0.05) is 28.6 Å². The van der Waals surface area contributed by atoms with Gasteiger partial charge in [0.25, 0.3) is 0 Å². The summed E-state index contributed by atoms with van der Waals surface area (Å²) in [6.07, 6.45) is 2.98. The third-order valence-electron chi connectivity index (χ3n) is 2.62. The highest BCUT2D eigenvalue weighted by molar-refractivity contribution is 6.35. The summed E-state index contributed by atoms with van der Waals surface area (Å²) in [4.78, 5) is 0. The molecule has 0 heterocycles. The van der Waals surface area contributed by atoms with Crippen LogP contribution in [0.15, 0.2) is 22.2 Å². The van der Waals surface area contributed by atoms with Crippen LogP contribution in [0.5, 0.6) is 0 Å². The SMILES string of the molecule is CC(C)(C)NCC(O)C1(N)C=C(Cl)C=C(Cl)C1. The summed E-state index contributed by atoms with van der Waals surface area (Å²) in [5, 5.41) is 14.4. The molecule has 0 aromatic heterocycles. The predicted molar refractivity (Wildman–Crippen MR) is 73.2 cm³/mol. The fourth-order valence-electron chi connectivity index (χ4n) is 1.65. The van der Waals surface area contributed by atoms with Gasteiger partial charge >= 0.3 is 0 Å². The van der Waals surface area contributed by atoms with Gasteiger partial charge in [-0.25, -0.2) is 0 Å². The molecule has 0 radical (unpaired) electrons. The third kappa shape index (κ3) is 4.60. The van der Waals surface area contributed by atoms with Gasteiger partial charge in [-0.2, -0.15) is 0 Å². The number of allylic oxidation sites excluding steroid dienone is 2. The van der Waals surface area contributed by atoms with Crippen molar-refractivity contribution in [1.29, 1.82) is 0 Å². The van der Waals surface area contributed by atoms with Crippen molar-refractivity contribution in [2.75, 3.05) is 6.54 Å². The van der Waals surface area contributed by atoms with E-state index in [1.54, 1.807) is 12.2 Å². The Hall–Kier alpha value is -0.0600. The summed E-state index contributed by atoms with van der Waals surface area (Å²) in [6, 6.07) is 0. The van der Waals surface area contributed by atoms with E-state index in [-0.39, 0.29) is 5.54 Å². The zero-order valence-corrected chi connectivity index (χ0v) is 11.9. The standard InChI is InChI=1S/C12H20Cl2N2O/c1-11(2,3)16-7-10(17)12(15)5-8(13)4-9(14)6-12/h4-5,10,16-17H,6-7,15H2,1-3H3. The first-order valence-corrected chi connectivity index (χ1v) is 6.34. The van der Waals surface area contributed by atoms with E-state index in [1.165, 1.54) is 0 Å². The van der Waals surface area contributed by atoms with Gasteiger partial charge < -0.3 is 16.2 Å². The average molecular weight is 279 g/mol. The van der Waals surface area contributed by atoms with Gasteiger partial charge in [0.1, 0.15) is 0 Å². The molecule has 98 valence electrons. The summed E-state index contributed by atoms with van der Waals surface area (Å²) in [5.74, 6) is 0. The molecule has 0 spiro atoms. The topological polar surface area (TPSA) is 58.3 Å². The van der Waals surface area contributed by atoms with Crippen LogP contribution in [0.4, 0.5) is 0 Å². The monoisotopic (exact) mass is 278 g/mol. The molecule has 0 fully saturated rings. The lowest BCUT2D eigenvalue weighted by Gasteiger charge is -2.35. The van der Waals surface area contributed by atoms with Crippen molar-refractivity contribution in [2.24, 2.45) is 5.73 Å². The summed E-state index contributed by atoms with van der Waals surface area (Å²) >= 11 is 11.9. The van der Waals surface area contributed by atoms with Crippen molar-refractivity contribution in [3.8, 4) is 0 Å². The molecule has 4 N–H and O–H groups in total. The van der Waals surface area contributed by atoms with Crippen molar-refractivity contribution < 1.29 is 5.11 Å². The maximum absolute atomic E-state index is 10.2. The van der Waals surface area contributed by atoms with E-state index >= 15 is 0 Å². The number of hydrogen-bond acceptors (Lipinski definition) is 3. The Labute approximate surface area is 113 Å². The van der Waals surface area contributed by atoms with Crippen molar-refractivity contribution >= 4 is 23.2 Å². The minimum absolute atomic E-state index is 0.0703. The molecular formula is C12H20Cl2N2O. The Morgan fingerprint density at radius 1 is 1.53 bits per heavy atom. The third-order valence-corrected chi connectivity index (χ3v) is 3.08. The lowest BCUT2D eigenvalue weighted by atomic mass is 9.86. The molecule has 0 amide bonds. The number of hydrogen-bond donors (Lipinski definition) is 3. The van der Waals surface area contributed by atoms with Crippen LogP contribution in [0.2, 0.25) is 0 Å². The molecule has 2 unspecified atom stereocenters. The van der Waals surface area contributed by atoms with Crippen LogP contribution in [-0.4, -0.2) is 28.8 Å². The van der Waals surface area contributed by atoms with Crippen molar-refractivity contribution in [3.05, 3.63) is 22.2 Å². The highest BCUT2D eigenvalue weighted by Gasteiger charge is 2.35. The van der Waals surface area contributed by atoms with Gasteiger partial charge in [0.15, 0.2) is 0 Å². The zero-order chi connectivity index (χ0) is 13.3. The minimum Gasteiger partial charge on any atom is -0.390 e. The number of nitrogens with one attached hydrogen (secondary N) is 1. The Morgan fingerprint density at radius 2 is 2.12 bits per heavy atom.